The van der Waals surface area contributed by atoms with Gasteiger partial charge >= 0.3 is 0 Å². The molecule has 1 unspecified atom stereocenters. The molecule has 0 aliphatic heterocycles. The van der Waals surface area contributed by atoms with E-state index in [1.807, 2.05) is 36.9 Å². The molecule has 1 heterocycles. The fourth-order valence-corrected chi connectivity index (χ4v) is 2.02. The van der Waals surface area contributed by atoms with Crippen LogP contribution in [0.4, 0.5) is 10.1 Å². The molecule has 19 heavy (non-hydrogen) atoms. The summed E-state index contributed by atoms with van der Waals surface area (Å²) in [4.78, 5) is 1.93. The van der Waals surface area contributed by atoms with Crippen LogP contribution in [0.5, 0.6) is 0 Å². The average molecular weight is 262 g/mol. The van der Waals surface area contributed by atoms with Gasteiger partial charge < -0.3 is 15.1 Å². The molecule has 0 saturated heterocycles. The summed E-state index contributed by atoms with van der Waals surface area (Å²) in [6.45, 7) is 5.09. The number of nitrogens with two attached hydrogens (primary N) is 1. The Bertz CT molecular complexity index is 523. The second-order valence-corrected chi connectivity index (χ2v) is 4.59. The summed E-state index contributed by atoms with van der Waals surface area (Å²) >= 11 is 0. The normalized spacial score (nSPS) is 12.4. The van der Waals surface area contributed by atoms with Crippen LogP contribution in [0.3, 0.4) is 0 Å². The van der Waals surface area contributed by atoms with Gasteiger partial charge in [-0.3, -0.25) is 0 Å². The Morgan fingerprint density at radius 3 is 2.68 bits per heavy atom. The van der Waals surface area contributed by atoms with Crippen molar-refractivity contribution in [3.63, 3.8) is 0 Å². The predicted molar refractivity (Wildman–Crippen MR) is 74.4 cm³/mol. The number of hydrogen-bond donors (Lipinski definition) is 1. The summed E-state index contributed by atoms with van der Waals surface area (Å²) in [5, 5.41) is 0. The molecule has 0 fully saturated rings. The Balaban J connectivity index is 2.23. The molecule has 0 spiro atoms. The van der Waals surface area contributed by atoms with Crippen molar-refractivity contribution in [1.29, 1.82) is 0 Å². The molecule has 102 valence electrons. The third-order valence-electron chi connectivity index (χ3n) is 3.15. The summed E-state index contributed by atoms with van der Waals surface area (Å²) in [5.41, 5.74) is 7.13. The third-order valence-corrected chi connectivity index (χ3v) is 3.15. The topological polar surface area (TPSA) is 42.4 Å². The first-order chi connectivity index (χ1) is 9.11. The summed E-state index contributed by atoms with van der Waals surface area (Å²) in [6.07, 6.45) is 1.62. The van der Waals surface area contributed by atoms with Crippen LogP contribution in [-0.4, -0.2) is 6.54 Å². The van der Waals surface area contributed by atoms with Crippen LogP contribution in [0.2, 0.25) is 0 Å². The van der Waals surface area contributed by atoms with Gasteiger partial charge in [0.25, 0.3) is 0 Å². The van der Waals surface area contributed by atoms with E-state index < -0.39 is 0 Å². The molecule has 2 rings (SSSR count). The molecule has 2 aromatic rings. The number of halogens is 1. The zero-order valence-electron chi connectivity index (χ0n) is 11.3. The van der Waals surface area contributed by atoms with Crippen molar-refractivity contribution in [1.82, 2.24) is 0 Å². The van der Waals surface area contributed by atoms with Gasteiger partial charge in [-0.05, 0) is 43.7 Å². The van der Waals surface area contributed by atoms with Gasteiger partial charge in [0.2, 0.25) is 0 Å². The lowest BCUT2D eigenvalue weighted by Crippen LogP contribution is -2.23. The van der Waals surface area contributed by atoms with Crippen molar-refractivity contribution >= 4 is 5.69 Å². The average Bonchev–Trinajstić information content (AvgIpc) is 2.89. The van der Waals surface area contributed by atoms with Gasteiger partial charge in [-0.1, -0.05) is 6.07 Å². The van der Waals surface area contributed by atoms with Crippen molar-refractivity contribution < 1.29 is 8.81 Å². The van der Waals surface area contributed by atoms with E-state index in [2.05, 4.69) is 0 Å². The molecule has 0 bridgehead atoms. The van der Waals surface area contributed by atoms with Gasteiger partial charge in [0.1, 0.15) is 11.6 Å². The minimum atomic E-state index is -0.247. The molecule has 2 N–H and O–H groups in total. The highest BCUT2D eigenvalue weighted by Gasteiger charge is 2.13. The van der Waals surface area contributed by atoms with Crippen molar-refractivity contribution in [2.75, 3.05) is 11.4 Å². The minimum absolute atomic E-state index is 0.163. The zero-order valence-corrected chi connectivity index (χ0v) is 11.3. The van der Waals surface area contributed by atoms with E-state index in [-0.39, 0.29) is 11.9 Å². The Labute approximate surface area is 112 Å². The number of anilines is 1. The van der Waals surface area contributed by atoms with Crippen LogP contribution < -0.4 is 10.6 Å². The van der Waals surface area contributed by atoms with Crippen molar-refractivity contribution in [2.45, 2.75) is 26.4 Å². The Kier molecular flexibility index (Phi) is 4.22. The van der Waals surface area contributed by atoms with Gasteiger partial charge in [0.05, 0.1) is 18.5 Å². The Morgan fingerprint density at radius 1 is 1.37 bits per heavy atom. The van der Waals surface area contributed by atoms with Crippen molar-refractivity contribution in [2.24, 2.45) is 5.73 Å². The van der Waals surface area contributed by atoms with E-state index in [1.54, 1.807) is 12.3 Å². The number of furan rings is 1. The molecule has 0 amide bonds. The molecule has 1 aromatic carbocycles. The molecule has 0 saturated carbocycles. The molecular weight excluding hydrogens is 243 g/mol. The summed E-state index contributed by atoms with van der Waals surface area (Å²) in [5.74, 6) is 0.570. The lowest BCUT2D eigenvalue weighted by molar-refractivity contribution is 0.501. The van der Waals surface area contributed by atoms with E-state index in [4.69, 9.17) is 10.2 Å². The lowest BCUT2D eigenvalue weighted by atomic mass is 10.1. The maximum atomic E-state index is 14.1. The highest BCUT2D eigenvalue weighted by atomic mass is 19.1. The van der Waals surface area contributed by atoms with E-state index >= 15 is 0 Å². The maximum absolute atomic E-state index is 14.1. The van der Waals surface area contributed by atoms with Crippen LogP contribution in [0, 0.1) is 5.82 Å². The van der Waals surface area contributed by atoms with Gasteiger partial charge in [0, 0.05) is 12.6 Å². The number of hydrogen-bond acceptors (Lipinski definition) is 3. The first kappa shape index (κ1) is 13.6. The standard InChI is InChI=1S/C15H19FN2O/c1-3-18(10-13-5-4-8-19-13)15-7-6-12(11(2)17)9-14(15)16/h4-9,11H,3,10,17H2,1-2H3. The van der Waals surface area contributed by atoms with Gasteiger partial charge in [-0.25, -0.2) is 4.39 Å². The number of rotatable bonds is 5. The molecule has 0 radical (unpaired) electrons. The van der Waals surface area contributed by atoms with Gasteiger partial charge in [-0.2, -0.15) is 0 Å². The van der Waals surface area contributed by atoms with Crippen LogP contribution in [0.1, 0.15) is 31.2 Å². The molecule has 0 aliphatic rings. The van der Waals surface area contributed by atoms with Crippen LogP contribution >= 0.6 is 0 Å². The predicted octanol–water partition coefficient (Wildman–Crippen LogP) is 3.46. The monoisotopic (exact) mass is 262 g/mol. The summed E-state index contributed by atoms with van der Waals surface area (Å²) < 4.78 is 19.5. The second-order valence-electron chi connectivity index (χ2n) is 4.59. The van der Waals surface area contributed by atoms with Crippen LogP contribution in [-0.2, 0) is 6.54 Å². The molecule has 4 heteroatoms. The fraction of sp³-hybridized carbons (Fsp3) is 0.333. The lowest BCUT2D eigenvalue weighted by Gasteiger charge is -2.23. The van der Waals surface area contributed by atoms with E-state index in [0.29, 0.717) is 18.8 Å². The number of nitrogens with zero attached hydrogens (tertiary/aromatic N) is 1. The zero-order chi connectivity index (χ0) is 13.8. The molecular formula is C15H19FN2O. The highest BCUT2D eigenvalue weighted by molar-refractivity contribution is 5.49. The smallest absolute Gasteiger partial charge is 0.146 e. The van der Waals surface area contributed by atoms with E-state index in [9.17, 15) is 4.39 Å². The van der Waals surface area contributed by atoms with Crippen molar-refractivity contribution in [3.8, 4) is 0 Å². The molecule has 3 nitrogen and oxygen atoms in total. The quantitative estimate of drug-likeness (QED) is 0.897. The second kappa shape index (κ2) is 5.89. The van der Waals surface area contributed by atoms with Gasteiger partial charge in [-0.15, -0.1) is 0 Å². The largest absolute Gasteiger partial charge is 0.467 e. The summed E-state index contributed by atoms with van der Waals surface area (Å²) in [6, 6.07) is 8.71. The molecule has 1 atom stereocenters. The molecule has 1 aromatic heterocycles. The van der Waals surface area contributed by atoms with Crippen LogP contribution in [0.15, 0.2) is 41.0 Å². The highest BCUT2D eigenvalue weighted by Crippen LogP contribution is 2.24. The minimum Gasteiger partial charge on any atom is -0.467 e. The Hall–Kier alpha value is -1.81. The van der Waals surface area contributed by atoms with Crippen molar-refractivity contribution in [3.05, 3.63) is 53.7 Å². The van der Waals surface area contributed by atoms with Gasteiger partial charge in [0.15, 0.2) is 0 Å². The number of benzene rings is 1. The first-order valence-corrected chi connectivity index (χ1v) is 6.44. The van der Waals surface area contributed by atoms with E-state index in [1.165, 1.54) is 6.07 Å². The van der Waals surface area contributed by atoms with E-state index in [0.717, 1.165) is 11.3 Å². The van der Waals surface area contributed by atoms with Crippen LogP contribution in [0.25, 0.3) is 0 Å². The summed E-state index contributed by atoms with van der Waals surface area (Å²) in [7, 11) is 0. The Morgan fingerprint density at radius 2 is 2.16 bits per heavy atom. The fourth-order valence-electron chi connectivity index (χ4n) is 2.02. The third kappa shape index (κ3) is 3.15. The molecule has 0 aliphatic carbocycles. The maximum Gasteiger partial charge on any atom is 0.146 e. The SMILES string of the molecule is CCN(Cc1ccco1)c1ccc(C(C)N)cc1F. The first-order valence-electron chi connectivity index (χ1n) is 6.44.